The molecule has 238 valence electrons. The van der Waals surface area contributed by atoms with E-state index in [1.165, 1.54) is 0 Å². The molecule has 1 aromatic rings. The number of urea groups is 1. The first-order valence-corrected chi connectivity index (χ1v) is 16.3. The number of ether oxygens (including phenoxy) is 2. The molecule has 1 spiro atoms. The van der Waals surface area contributed by atoms with E-state index in [0.29, 0.717) is 45.2 Å². The number of benzene rings is 1. The Kier molecular flexibility index (Phi) is 8.74. The molecule has 4 aliphatic heterocycles. The SMILES string of the molecule is CCN1C(=O)N(CC2(C)COCOC2)CC12CC1CCC(C2)N1CC[C@H](NC(=O)C1CCC(F)(F)CC1)c1ccccc1. The van der Waals surface area contributed by atoms with E-state index >= 15 is 0 Å². The lowest BCUT2D eigenvalue weighted by atomic mass is 9.81. The molecule has 3 atom stereocenters. The summed E-state index contributed by atoms with van der Waals surface area (Å²) in [6.45, 7) is 8.69. The predicted octanol–water partition coefficient (Wildman–Crippen LogP) is 5.19. The van der Waals surface area contributed by atoms with E-state index in [4.69, 9.17) is 9.47 Å². The first-order chi connectivity index (χ1) is 20.6. The first-order valence-electron chi connectivity index (χ1n) is 16.3. The maximum Gasteiger partial charge on any atom is 0.320 e. The van der Waals surface area contributed by atoms with Crippen molar-refractivity contribution in [3.63, 3.8) is 0 Å². The Morgan fingerprint density at radius 3 is 2.33 bits per heavy atom. The summed E-state index contributed by atoms with van der Waals surface area (Å²) < 4.78 is 38.6. The molecule has 6 rings (SSSR count). The van der Waals surface area contributed by atoms with Gasteiger partial charge in [-0.25, -0.2) is 13.6 Å². The lowest BCUT2D eigenvalue weighted by Gasteiger charge is -2.48. The van der Waals surface area contributed by atoms with E-state index in [-0.39, 0.29) is 60.5 Å². The van der Waals surface area contributed by atoms with Gasteiger partial charge in [0.25, 0.3) is 0 Å². The topological polar surface area (TPSA) is 74.4 Å². The highest BCUT2D eigenvalue weighted by Gasteiger charge is 2.57. The van der Waals surface area contributed by atoms with E-state index in [2.05, 4.69) is 29.0 Å². The summed E-state index contributed by atoms with van der Waals surface area (Å²) in [6, 6.07) is 10.8. The minimum absolute atomic E-state index is 0.101. The summed E-state index contributed by atoms with van der Waals surface area (Å²) in [5.41, 5.74) is 0.696. The third-order valence-electron chi connectivity index (χ3n) is 10.8. The van der Waals surface area contributed by atoms with Crippen LogP contribution < -0.4 is 5.32 Å². The van der Waals surface area contributed by atoms with Gasteiger partial charge in [0, 0.05) is 62.4 Å². The van der Waals surface area contributed by atoms with Gasteiger partial charge in [-0.2, -0.15) is 0 Å². The number of hydrogen-bond donors (Lipinski definition) is 1. The van der Waals surface area contributed by atoms with Crippen molar-refractivity contribution >= 4 is 11.9 Å². The third-order valence-corrected chi connectivity index (χ3v) is 10.8. The minimum Gasteiger partial charge on any atom is -0.355 e. The number of halogens is 2. The van der Waals surface area contributed by atoms with E-state index in [1.54, 1.807) is 0 Å². The Bertz CT molecular complexity index is 1120. The van der Waals surface area contributed by atoms with Gasteiger partial charge < -0.3 is 24.6 Å². The number of carbonyl (C=O) groups is 2. The minimum atomic E-state index is -2.65. The Morgan fingerprint density at radius 2 is 1.70 bits per heavy atom. The highest BCUT2D eigenvalue weighted by atomic mass is 19.3. The number of likely N-dealkylation sites (N-methyl/N-ethyl adjacent to an activating group) is 1. The second-order valence-corrected chi connectivity index (χ2v) is 14.2. The fraction of sp³-hybridized carbons (Fsp3) is 0.758. The third kappa shape index (κ3) is 6.43. The van der Waals surface area contributed by atoms with Gasteiger partial charge in [-0.05, 0) is 57.4 Å². The van der Waals surface area contributed by atoms with Crippen molar-refractivity contribution in [2.45, 2.75) is 101 Å². The number of fused-ring (bicyclic) bond motifs is 2. The summed E-state index contributed by atoms with van der Waals surface area (Å²) in [5.74, 6) is -3.10. The van der Waals surface area contributed by atoms with Crippen LogP contribution in [0.4, 0.5) is 13.6 Å². The average molecular weight is 603 g/mol. The molecule has 1 aliphatic carbocycles. The van der Waals surface area contributed by atoms with Crippen LogP contribution in [0.2, 0.25) is 0 Å². The van der Waals surface area contributed by atoms with Gasteiger partial charge in [0.05, 0.1) is 24.8 Å². The molecule has 1 aromatic carbocycles. The fourth-order valence-corrected chi connectivity index (χ4v) is 8.71. The van der Waals surface area contributed by atoms with Crippen molar-refractivity contribution in [1.82, 2.24) is 20.0 Å². The molecule has 0 aromatic heterocycles. The summed E-state index contributed by atoms with van der Waals surface area (Å²) in [5, 5.41) is 3.25. The van der Waals surface area contributed by atoms with Crippen molar-refractivity contribution in [3.05, 3.63) is 35.9 Å². The summed E-state index contributed by atoms with van der Waals surface area (Å²) in [6.07, 6.45) is 4.98. The fourth-order valence-electron chi connectivity index (χ4n) is 8.71. The molecule has 2 bridgehead atoms. The van der Waals surface area contributed by atoms with Crippen LogP contribution in [0.15, 0.2) is 30.3 Å². The Morgan fingerprint density at radius 1 is 1.05 bits per heavy atom. The number of piperidine rings is 1. The molecule has 43 heavy (non-hydrogen) atoms. The zero-order valence-electron chi connectivity index (χ0n) is 25.7. The maximum absolute atomic E-state index is 13.7. The highest BCUT2D eigenvalue weighted by molar-refractivity contribution is 5.79. The molecule has 1 N–H and O–H groups in total. The molecule has 3 amide bonds. The van der Waals surface area contributed by atoms with Crippen molar-refractivity contribution in [2.24, 2.45) is 11.3 Å². The van der Waals surface area contributed by atoms with Crippen LogP contribution >= 0.6 is 0 Å². The molecule has 0 radical (unpaired) electrons. The number of amides is 3. The van der Waals surface area contributed by atoms with Crippen LogP contribution in [0.1, 0.15) is 83.2 Å². The largest absolute Gasteiger partial charge is 0.355 e. The molecule has 4 heterocycles. The molecule has 8 nitrogen and oxygen atoms in total. The molecular weight excluding hydrogens is 554 g/mol. The van der Waals surface area contributed by atoms with Crippen molar-refractivity contribution in [1.29, 1.82) is 0 Å². The summed E-state index contributed by atoms with van der Waals surface area (Å²) in [7, 11) is 0. The Balaban J connectivity index is 1.11. The molecule has 10 heteroatoms. The zero-order chi connectivity index (χ0) is 30.2. The lowest BCUT2D eigenvalue weighted by molar-refractivity contribution is -0.162. The molecule has 2 unspecified atom stereocenters. The molecule has 1 saturated carbocycles. The summed E-state index contributed by atoms with van der Waals surface area (Å²) in [4.78, 5) is 33.7. The number of nitrogens with one attached hydrogen (secondary N) is 1. The van der Waals surface area contributed by atoms with E-state index in [1.807, 2.05) is 35.2 Å². The van der Waals surface area contributed by atoms with E-state index < -0.39 is 5.92 Å². The zero-order valence-corrected chi connectivity index (χ0v) is 25.7. The van der Waals surface area contributed by atoms with Crippen LogP contribution in [0.3, 0.4) is 0 Å². The van der Waals surface area contributed by atoms with Gasteiger partial charge in [0.2, 0.25) is 11.8 Å². The van der Waals surface area contributed by atoms with Crippen LogP contribution in [-0.4, -0.2) is 96.4 Å². The molecule has 5 fully saturated rings. The Hall–Kier alpha value is -2.30. The quantitative estimate of drug-likeness (QED) is 0.421. The van der Waals surface area contributed by atoms with Crippen molar-refractivity contribution in [3.8, 4) is 0 Å². The first kappa shape index (κ1) is 30.7. The number of hydrogen-bond acceptors (Lipinski definition) is 5. The normalized spacial score (nSPS) is 31.5. The van der Waals surface area contributed by atoms with Gasteiger partial charge >= 0.3 is 6.03 Å². The predicted molar refractivity (Wildman–Crippen MR) is 159 cm³/mol. The highest BCUT2D eigenvalue weighted by Crippen LogP contribution is 2.47. The maximum atomic E-state index is 13.7. The van der Waals surface area contributed by atoms with Gasteiger partial charge in [-0.15, -0.1) is 0 Å². The second kappa shape index (κ2) is 12.2. The van der Waals surface area contributed by atoms with Gasteiger partial charge in [0.1, 0.15) is 6.79 Å². The monoisotopic (exact) mass is 602 g/mol. The smallest absolute Gasteiger partial charge is 0.320 e. The lowest BCUT2D eigenvalue weighted by Crippen LogP contribution is -2.58. The molecule has 5 aliphatic rings. The second-order valence-electron chi connectivity index (χ2n) is 14.2. The summed E-state index contributed by atoms with van der Waals surface area (Å²) >= 11 is 0. The van der Waals surface area contributed by atoms with E-state index in [0.717, 1.165) is 50.8 Å². The van der Waals surface area contributed by atoms with Crippen LogP contribution in [-0.2, 0) is 14.3 Å². The average Bonchev–Trinajstić information content (AvgIpc) is 3.38. The Labute approximate surface area is 254 Å². The number of carbonyl (C=O) groups excluding carboxylic acids is 2. The van der Waals surface area contributed by atoms with Gasteiger partial charge in [-0.3, -0.25) is 9.69 Å². The van der Waals surface area contributed by atoms with Crippen LogP contribution in [0, 0.1) is 11.3 Å². The van der Waals surface area contributed by atoms with Crippen molar-refractivity contribution in [2.75, 3.05) is 46.2 Å². The number of rotatable bonds is 9. The van der Waals surface area contributed by atoms with Crippen molar-refractivity contribution < 1.29 is 27.8 Å². The van der Waals surface area contributed by atoms with Crippen LogP contribution in [0.25, 0.3) is 0 Å². The van der Waals surface area contributed by atoms with Gasteiger partial charge in [0.15, 0.2) is 0 Å². The standard InChI is InChI=1S/C33H48F2N4O4/c1-3-39-30(41)37(19-31(2)21-42-23-43-22-31)20-32(39)17-26-9-10-27(18-32)38(26)16-13-28(24-7-5-4-6-8-24)36-29(40)25-11-14-33(34,35)15-12-25/h4-8,25-28H,3,9-23H2,1-2H3,(H,36,40)/t26?,27?,28-,32?/m0/s1. The van der Waals surface area contributed by atoms with Crippen LogP contribution in [0.5, 0.6) is 0 Å². The number of nitrogens with zero attached hydrogens (tertiary/aromatic N) is 3. The molecule has 4 saturated heterocycles. The van der Waals surface area contributed by atoms with Gasteiger partial charge in [-0.1, -0.05) is 37.3 Å². The number of alkyl halides is 2. The molecular formula is C33H48F2N4O4. The van der Waals surface area contributed by atoms with E-state index in [9.17, 15) is 18.4 Å².